The van der Waals surface area contributed by atoms with Crippen molar-refractivity contribution >= 4 is 21.6 Å². The molecule has 2 heterocycles. The van der Waals surface area contributed by atoms with Gasteiger partial charge in [0.1, 0.15) is 5.78 Å². The molecule has 1 aromatic heterocycles. The van der Waals surface area contributed by atoms with Gasteiger partial charge in [0.25, 0.3) is 0 Å². The molecule has 2 atom stereocenters. The number of halogens is 3. The van der Waals surface area contributed by atoms with Crippen molar-refractivity contribution in [2.45, 2.75) is 39.3 Å². The third-order valence-corrected chi connectivity index (χ3v) is 9.47. The van der Waals surface area contributed by atoms with Gasteiger partial charge < -0.3 is 4.90 Å². The highest BCUT2D eigenvalue weighted by Gasteiger charge is 2.65. The molecule has 3 fully saturated rings. The average molecular weight is 446 g/mol. The van der Waals surface area contributed by atoms with Crippen LogP contribution in [0.2, 0.25) is 0 Å². The van der Waals surface area contributed by atoms with Crippen LogP contribution in [0.1, 0.15) is 38.8 Å². The summed E-state index contributed by atoms with van der Waals surface area (Å²) < 4.78 is 65.6. The van der Waals surface area contributed by atoms with Crippen LogP contribution < -0.4 is 4.90 Å². The number of hydrogen-bond donors (Lipinski definition) is 0. The number of Topliss-reactive ketones (excluding diaryl/α,β-unsaturated/α-hetero) is 1. The molecule has 1 saturated heterocycles. The van der Waals surface area contributed by atoms with Gasteiger partial charge in [-0.05, 0) is 36.3 Å². The molecule has 166 valence electrons. The Morgan fingerprint density at radius 1 is 1.13 bits per heavy atom. The van der Waals surface area contributed by atoms with E-state index >= 15 is 0 Å². The Labute approximate surface area is 173 Å². The molecule has 0 spiro atoms. The molecule has 4 rings (SSSR count). The van der Waals surface area contributed by atoms with Gasteiger partial charge in [-0.2, -0.15) is 17.5 Å². The second-order valence-corrected chi connectivity index (χ2v) is 11.1. The lowest BCUT2D eigenvalue weighted by Crippen LogP contribution is -2.53. The van der Waals surface area contributed by atoms with Gasteiger partial charge in [0.2, 0.25) is 10.0 Å². The van der Waals surface area contributed by atoms with Gasteiger partial charge in [-0.3, -0.25) is 4.79 Å². The standard InChI is InChI=1S/C19H25F3N4O3S/c1-17(2)13-5-6-18(17,15(27)11-13)12-30(28,29)26-9-7-25(8-10-26)16-4-3-14(23-24-16)19(20,21)22/h3-4,13H,5-12H2,1-2H3/t13-,18+/m1/s1. The maximum absolute atomic E-state index is 13.2. The van der Waals surface area contributed by atoms with E-state index in [1.807, 2.05) is 13.8 Å². The van der Waals surface area contributed by atoms with Crippen molar-refractivity contribution in [1.82, 2.24) is 14.5 Å². The van der Waals surface area contributed by atoms with E-state index in [-0.39, 0.29) is 41.8 Å². The molecule has 1 aliphatic heterocycles. The Kier molecular flexibility index (Phi) is 4.92. The van der Waals surface area contributed by atoms with Crippen LogP contribution in [0.4, 0.5) is 19.0 Å². The molecular formula is C19H25F3N4O3S. The topological polar surface area (TPSA) is 83.5 Å². The molecule has 0 N–H and O–H groups in total. The van der Waals surface area contributed by atoms with Crippen LogP contribution in [-0.4, -0.2) is 60.6 Å². The minimum Gasteiger partial charge on any atom is -0.352 e. The van der Waals surface area contributed by atoms with E-state index in [1.54, 1.807) is 4.90 Å². The zero-order chi connectivity index (χ0) is 21.9. The van der Waals surface area contributed by atoms with Gasteiger partial charge in [0, 0.05) is 38.0 Å². The fourth-order valence-electron chi connectivity index (χ4n) is 5.35. The summed E-state index contributed by atoms with van der Waals surface area (Å²) in [5.74, 6) is 0.424. The maximum atomic E-state index is 13.2. The largest absolute Gasteiger partial charge is 0.435 e. The number of rotatable bonds is 4. The van der Waals surface area contributed by atoms with E-state index < -0.39 is 27.3 Å². The smallest absolute Gasteiger partial charge is 0.352 e. The highest BCUT2D eigenvalue weighted by Crippen LogP contribution is 2.64. The molecule has 2 bridgehead atoms. The average Bonchev–Trinajstić information content (AvgIpc) is 3.01. The SMILES string of the molecule is CC1(C)[C@@H]2CC[C@]1(CS(=O)(=O)N1CCN(c3ccc(C(F)(F)F)nn3)CC1)C(=O)C2. The van der Waals surface area contributed by atoms with Crippen LogP contribution in [0.3, 0.4) is 0 Å². The molecule has 1 aromatic rings. The summed E-state index contributed by atoms with van der Waals surface area (Å²) in [6.45, 7) is 5.00. The fourth-order valence-corrected chi connectivity index (χ4v) is 7.55. The summed E-state index contributed by atoms with van der Waals surface area (Å²) in [4.78, 5) is 14.4. The van der Waals surface area contributed by atoms with E-state index in [0.717, 1.165) is 12.5 Å². The van der Waals surface area contributed by atoms with Gasteiger partial charge in [-0.1, -0.05) is 13.8 Å². The van der Waals surface area contributed by atoms with Crippen molar-refractivity contribution in [3.8, 4) is 0 Å². The number of hydrogen-bond acceptors (Lipinski definition) is 6. The van der Waals surface area contributed by atoms with Gasteiger partial charge in [-0.25, -0.2) is 8.42 Å². The van der Waals surface area contributed by atoms with E-state index in [0.29, 0.717) is 25.9 Å². The summed E-state index contributed by atoms with van der Waals surface area (Å²) in [6, 6.07) is 2.12. The first-order valence-electron chi connectivity index (χ1n) is 10.0. The Balaban J connectivity index is 1.43. The highest BCUT2D eigenvalue weighted by atomic mass is 32.2. The molecule has 2 aliphatic carbocycles. The Morgan fingerprint density at radius 2 is 1.80 bits per heavy atom. The van der Waals surface area contributed by atoms with Crippen molar-refractivity contribution in [3.63, 3.8) is 0 Å². The molecule has 0 radical (unpaired) electrons. The molecule has 3 aliphatic rings. The quantitative estimate of drug-likeness (QED) is 0.706. The van der Waals surface area contributed by atoms with E-state index in [9.17, 15) is 26.4 Å². The molecule has 2 saturated carbocycles. The summed E-state index contributed by atoms with van der Waals surface area (Å²) in [7, 11) is -3.65. The predicted octanol–water partition coefficient (Wildman–Crippen LogP) is 2.34. The van der Waals surface area contributed by atoms with E-state index in [2.05, 4.69) is 10.2 Å². The second kappa shape index (κ2) is 6.88. The monoisotopic (exact) mass is 446 g/mol. The fraction of sp³-hybridized carbons (Fsp3) is 0.737. The number of aromatic nitrogens is 2. The molecular weight excluding hydrogens is 421 g/mol. The van der Waals surface area contributed by atoms with Crippen LogP contribution >= 0.6 is 0 Å². The second-order valence-electron chi connectivity index (χ2n) is 9.08. The molecule has 0 amide bonds. The minimum absolute atomic E-state index is 0.0611. The van der Waals surface area contributed by atoms with Crippen molar-refractivity contribution < 1.29 is 26.4 Å². The number of nitrogens with zero attached hydrogens (tertiary/aromatic N) is 4. The molecule has 7 nitrogen and oxygen atoms in total. The highest BCUT2D eigenvalue weighted by molar-refractivity contribution is 7.89. The maximum Gasteiger partial charge on any atom is 0.435 e. The van der Waals surface area contributed by atoms with Crippen LogP contribution in [0, 0.1) is 16.7 Å². The minimum atomic E-state index is -4.55. The summed E-state index contributed by atoms with van der Waals surface area (Å²) >= 11 is 0. The molecule has 0 unspecified atom stereocenters. The zero-order valence-corrected chi connectivity index (χ0v) is 17.8. The predicted molar refractivity (Wildman–Crippen MR) is 103 cm³/mol. The number of sulfonamides is 1. The third kappa shape index (κ3) is 3.30. The Morgan fingerprint density at radius 3 is 2.27 bits per heavy atom. The third-order valence-electron chi connectivity index (χ3n) is 7.46. The zero-order valence-electron chi connectivity index (χ0n) is 16.9. The normalized spacial score (nSPS) is 29.6. The van der Waals surface area contributed by atoms with Gasteiger partial charge in [0.15, 0.2) is 11.5 Å². The summed E-state index contributed by atoms with van der Waals surface area (Å²) in [5, 5.41) is 6.87. The number of piperazine rings is 1. The number of carbonyl (C=O) groups is 1. The molecule has 11 heteroatoms. The summed E-state index contributed by atoms with van der Waals surface area (Å²) in [5.41, 5.74) is -2.20. The van der Waals surface area contributed by atoms with Crippen LogP contribution in [-0.2, 0) is 21.0 Å². The lowest BCUT2D eigenvalue weighted by molar-refractivity contribution is -0.141. The molecule has 0 aromatic carbocycles. The first kappa shape index (κ1) is 21.5. The van der Waals surface area contributed by atoms with Crippen molar-refractivity contribution in [1.29, 1.82) is 0 Å². The van der Waals surface area contributed by atoms with Crippen LogP contribution in [0.25, 0.3) is 0 Å². The van der Waals surface area contributed by atoms with E-state index in [1.165, 1.54) is 10.4 Å². The first-order chi connectivity index (χ1) is 13.9. The number of anilines is 1. The van der Waals surface area contributed by atoms with Crippen molar-refractivity contribution in [2.24, 2.45) is 16.7 Å². The number of ketones is 1. The van der Waals surface area contributed by atoms with Crippen LogP contribution in [0.5, 0.6) is 0 Å². The van der Waals surface area contributed by atoms with Crippen LogP contribution in [0.15, 0.2) is 12.1 Å². The van der Waals surface area contributed by atoms with Gasteiger partial charge >= 0.3 is 6.18 Å². The van der Waals surface area contributed by atoms with Crippen molar-refractivity contribution in [2.75, 3.05) is 36.8 Å². The lowest BCUT2D eigenvalue weighted by Gasteiger charge is -2.39. The number of fused-ring (bicyclic) bond motifs is 2. The Bertz CT molecular complexity index is 941. The van der Waals surface area contributed by atoms with Gasteiger partial charge in [-0.15, -0.1) is 10.2 Å². The van der Waals surface area contributed by atoms with Gasteiger partial charge in [0.05, 0.1) is 5.75 Å². The lowest BCUT2D eigenvalue weighted by atomic mass is 9.70. The number of alkyl halides is 3. The van der Waals surface area contributed by atoms with Crippen molar-refractivity contribution in [3.05, 3.63) is 17.8 Å². The number of carbonyl (C=O) groups excluding carboxylic acids is 1. The molecule has 30 heavy (non-hydrogen) atoms. The summed E-state index contributed by atoms with van der Waals surface area (Å²) in [6.07, 6.45) is -2.59. The first-order valence-corrected chi connectivity index (χ1v) is 11.6. The Hall–Kier alpha value is -1.75. The van der Waals surface area contributed by atoms with E-state index in [4.69, 9.17) is 0 Å².